The molecule has 5 heteroatoms. The monoisotopic (exact) mass is 186 g/mol. The molecule has 0 aromatic heterocycles. The van der Waals surface area contributed by atoms with Gasteiger partial charge in [0, 0.05) is 0 Å². The zero-order valence-electron chi connectivity index (χ0n) is 6.53. The van der Waals surface area contributed by atoms with Crippen molar-refractivity contribution in [3.8, 4) is 0 Å². The molecule has 0 aromatic rings. The predicted octanol–water partition coefficient (Wildman–Crippen LogP) is 2.05. The number of hydrogen-bond acceptors (Lipinski definition) is 1. The van der Waals surface area contributed by atoms with Gasteiger partial charge in [0.25, 0.3) is 0 Å². The molecular formula is C7H10F4O. The van der Waals surface area contributed by atoms with Gasteiger partial charge in [0.15, 0.2) is 0 Å². The second-order valence-electron chi connectivity index (χ2n) is 3.26. The van der Waals surface area contributed by atoms with Crippen LogP contribution in [0.2, 0.25) is 0 Å². The molecule has 1 atom stereocenters. The van der Waals surface area contributed by atoms with Gasteiger partial charge < -0.3 is 5.11 Å². The summed E-state index contributed by atoms with van der Waals surface area (Å²) in [6, 6.07) is 0. The fourth-order valence-corrected chi connectivity index (χ4v) is 1.38. The van der Waals surface area contributed by atoms with Crippen molar-refractivity contribution in [1.29, 1.82) is 0 Å². The summed E-state index contributed by atoms with van der Waals surface area (Å²) in [7, 11) is 0. The molecule has 1 fully saturated rings. The molecule has 1 unspecified atom stereocenters. The number of rotatable bonds is 3. The Morgan fingerprint density at radius 1 is 1.33 bits per heavy atom. The van der Waals surface area contributed by atoms with Crippen LogP contribution in [0.4, 0.5) is 17.6 Å². The molecule has 0 aliphatic heterocycles. The second-order valence-corrected chi connectivity index (χ2v) is 3.26. The molecule has 0 radical (unpaired) electrons. The third-order valence-corrected chi connectivity index (χ3v) is 2.53. The first kappa shape index (κ1) is 9.77. The van der Waals surface area contributed by atoms with Crippen LogP contribution in [0, 0.1) is 5.41 Å². The van der Waals surface area contributed by atoms with Gasteiger partial charge in [0.1, 0.15) is 0 Å². The number of aliphatic hydroxyl groups is 1. The highest BCUT2D eigenvalue weighted by atomic mass is 19.3. The van der Waals surface area contributed by atoms with E-state index in [2.05, 4.69) is 0 Å². The van der Waals surface area contributed by atoms with E-state index in [1.54, 1.807) is 0 Å². The highest BCUT2D eigenvalue weighted by Gasteiger charge is 2.68. The lowest BCUT2D eigenvalue weighted by molar-refractivity contribution is -0.198. The SMILES string of the molecule is CC(O)C1(C(F)(F)C(F)F)CC1. The lowest BCUT2D eigenvalue weighted by Crippen LogP contribution is -2.43. The van der Waals surface area contributed by atoms with E-state index in [0.717, 1.165) is 6.92 Å². The van der Waals surface area contributed by atoms with Crippen molar-refractivity contribution in [3.05, 3.63) is 0 Å². The van der Waals surface area contributed by atoms with Crippen LogP contribution < -0.4 is 0 Å². The lowest BCUT2D eigenvalue weighted by Gasteiger charge is -2.28. The molecule has 1 rings (SSSR count). The number of aliphatic hydroxyl groups excluding tert-OH is 1. The van der Waals surface area contributed by atoms with Crippen LogP contribution >= 0.6 is 0 Å². The van der Waals surface area contributed by atoms with Crippen LogP contribution in [-0.4, -0.2) is 23.6 Å². The van der Waals surface area contributed by atoms with E-state index in [4.69, 9.17) is 5.11 Å². The zero-order valence-corrected chi connectivity index (χ0v) is 6.53. The highest BCUT2D eigenvalue weighted by Crippen LogP contribution is 2.60. The predicted molar refractivity (Wildman–Crippen MR) is 34.3 cm³/mol. The van der Waals surface area contributed by atoms with E-state index >= 15 is 0 Å². The van der Waals surface area contributed by atoms with Crippen LogP contribution in [0.15, 0.2) is 0 Å². The quantitative estimate of drug-likeness (QED) is 0.669. The van der Waals surface area contributed by atoms with Gasteiger partial charge in [0.2, 0.25) is 0 Å². The first-order valence-electron chi connectivity index (χ1n) is 3.68. The summed E-state index contributed by atoms with van der Waals surface area (Å²) >= 11 is 0. The third-order valence-electron chi connectivity index (χ3n) is 2.53. The molecule has 1 N–H and O–H groups in total. The van der Waals surface area contributed by atoms with E-state index in [1.807, 2.05) is 0 Å². The summed E-state index contributed by atoms with van der Waals surface area (Å²) in [6.45, 7) is 1.13. The first-order chi connectivity index (χ1) is 5.34. The molecule has 0 spiro atoms. The molecule has 0 heterocycles. The normalized spacial score (nSPS) is 24.2. The molecule has 1 saturated carbocycles. The van der Waals surface area contributed by atoms with Gasteiger partial charge in [0.05, 0.1) is 11.5 Å². The van der Waals surface area contributed by atoms with Gasteiger partial charge in [-0.1, -0.05) is 0 Å². The van der Waals surface area contributed by atoms with E-state index < -0.39 is 23.9 Å². The van der Waals surface area contributed by atoms with Crippen LogP contribution in [0.25, 0.3) is 0 Å². The van der Waals surface area contributed by atoms with E-state index in [9.17, 15) is 17.6 Å². The second kappa shape index (κ2) is 2.58. The van der Waals surface area contributed by atoms with Gasteiger partial charge in [-0.15, -0.1) is 0 Å². The van der Waals surface area contributed by atoms with Crippen LogP contribution in [-0.2, 0) is 0 Å². The minimum atomic E-state index is -4.05. The van der Waals surface area contributed by atoms with Crippen molar-refractivity contribution < 1.29 is 22.7 Å². The van der Waals surface area contributed by atoms with Gasteiger partial charge in [-0.05, 0) is 19.8 Å². The van der Waals surface area contributed by atoms with Crippen molar-refractivity contribution in [2.75, 3.05) is 0 Å². The maximum absolute atomic E-state index is 12.7. The molecule has 1 aliphatic carbocycles. The highest BCUT2D eigenvalue weighted by molar-refractivity contribution is 5.07. The van der Waals surface area contributed by atoms with Crippen LogP contribution in [0.1, 0.15) is 19.8 Å². The summed E-state index contributed by atoms with van der Waals surface area (Å²) in [5.41, 5.74) is -1.86. The van der Waals surface area contributed by atoms with Gasteiger partial charge in [-0.2, -0.15) is 8.78 Å². The summed E-state index contributed by atoms with van der Waals surface area (Å²) < 4.78 is 49.1. The Labute approximate surface area is 67.4 Å². The van der Waals surface area contributed by atoms with E-state index in [0.29, 0.717) is 0 Å². The van der Waals surface area contributed by atoms with Crippen molar-refractivity contribution in [1.82, 2.24) is 0 Å². The molecule has 72 valence electrons. The maximum Gasteiger partial charge on any atom is 0.315 e. The topological polar surface area (TPSA) is 20.2 Å². The van der Waals surface area contributed by atoms with Gasteiger partial charge in [-0.25, -0.2) is 8.78 Å². The van der Waals surface area contributed by atoms with E-state index in [1.165, 1.54) is 0 Å². The standard InChI is InChI=1S/C7H10F4O/c1-4(12)6(2-3-6)7(10,11)5(8)9/h4-5,12H,2-3H2,1H3. The summed E-state index contributed by atoms with van der Waals surface area (Å²) in [6.07, 6.45) is -5.11. The van der Waals surface area contributed by atoms with Crippen molar-refractivity contribution in [2.45, 2.75) is 38.2 Å². The number of alkyl halides is 4. The Kier molecular flexibility index (Phi) is 2.10. The Morgan fingerprint density at radius 2 is 1.75 bits per heavy atom. The van der Waals surface area contributed by atoms with Crippen LogP contribution in [0.5, 0.6) is 0 Å². The minimum Gasteiger partial charge on any atom is -0.393 e. The van der Waals surface area contributed by atoms with Crippen LogP contribution in [0.3, 0.4) is 0 Å². The first-order valence-corrected chi connectivity index (χ1v) is 3.68. The smallest absolute Gasteiger partial charge is 0.315 e. The molecular weight excluding hydrogens is 176 g/mol. The average Bonchev–Trinajstić information content (AvgIpc) is 2.64. The Morgan fingerprint density at radius 3 is 1.83 bits per heavy atom. The molecule has 0 bridgehead atoms. The van der Waals surface area contributed by atoms with Gasteiger partial charge in [-0.3, -0.25) is 0 Å². The molecule has 0 aromatic carbocycles. The fourth-order valence-electron chi connectivity index (χ4n) is 1.38. The Hall–Kier alpha value is -0.320. The Bertz CT molecular complexity index is 166. The van der Waals surface area contributed by atoms with E-state index in [-0.39, 0.29) is 12.8 Å². The number of hydrogen-bond donors (Lipinski definition) is 1. The van der Waals surface area contributed by atoms with Crippen molar-refractivity contribution in [2.24, 2.45) is 5.41 Å². The average molecular weight is 186 g/mol. The molecule has 1 aliphatic rings. The van der Waals surface area contributed by atoms with Gasteiger partial charge >= 0.3 is 12.3 Å². The zero-order chi connectivity index (χ0) is 9.57. The summed E-state index contributed by atoms with van der Waals surface area (Å²) in [5.74, 6) is -4.05. The Balaban J connectivity index is 2.81. The van der Waals surface area contributed by atoms with Crippen molar-refractivity contribution >= 4 is 0 Å². The summed E-state index contributed by atoms with van der Waals surface area (Å²) in [5, 5.41) is 8.91. The lowest BCUT2D eigenvalue weighted by atomic mass is 9.92. The van der Waals surface area contributed by atoms with Crippen molar-refractivity contribution in [3.63, 3.8) is 0 Å². The maximum atomic E-state index is 12.7. The molecule has 0 saturated heterocycles. The third kappa shape index (κ3) is 1.11. The molecule has 12 heavy (non-hydrogen) atoms. The number of halogens is 4. The summed E-state index contributed by atoms with van der Waals surface area (Å²) in [4.78, 5) is 0. The minimum absolute atomic E-state index is 0.0258. The molecule has 0 amide bonds. The molecule has 1 nitrogen and oxygen atoms in total. The largest absolute Gasteiger partial charge is 0.393 e. The fraction of sp³-hybridized carbons (Fsp3) is 1.00.